The molecule has 0 saturated carbocycles. The normalized spacial score (nSPS) is 13.4. The van der Waals surface area contributed by atoms with E-state index in [0.29, 0.717) is 38.1 Å². The molecule has 6 heteroatoms. The molecule has 3 rings (SSSR count). The second-order valence-corrected chi connectivity index (χ2v) is 7.97. The summed E-state index contributed by atoms with van der Waals surface area (Å²) >= 11 is 0. The third-order valence-corrected chi connectivity index (χ3v) is 5.70. The Morgan fingerprint density at radius 2 is 1.81 bits per heavy atom. The second-order valence-electron chi connectivity index (χ2n) is 6.23. The van der Waals surface area contributed by atoms with Gasteiger partial charge in [0.2, 0.25) is 0 Å². The van der Waals surface area contributed by atoms with Crippen molar-refractivity contribution in [3.8, 4) is 0 Å². The minimum absolute atomic E-state index is 0.193. The molecule has 0 heterocycles. The van der Waals surface area contributed by atoms with Crippen molar-refractivity contribution in [2.45, 2.75) is 24.3 Å². The van der Waals surface area contributed by atoms with Crippen molar-refractivity contribution in [3.63, 3.8) is 0 Å². The summed E-state index contributed by atoms with van der Waals surface area (Å²) in [6.45, 7) is 1.83. The molecule has 0 aliphatic heterocycles. The van der Waals surface area contributed by atoms with Gasteiger partial charge in [0.15, 0.2) is 0 Å². The first kappa shape index (κ1) is 19.2. The number of hydrogen-bond acceptors (Lipinski definition) is 3. The first-order valence-electron chi connectivity index (χ1n) is 8.49. The van der Waals surface area contributed by atoms with Crippen LogP contribution >= 0.6 is 0 Å². The van der Waals surface area contributed by atoms with Crippen molar-refractivity contribution in [1.82, 2.24) is 0 Å². The van der Waals surface area contributed by atoms with E-state index in [9.17, 15) is 18.5 Å². The molecule has 4 nitrogen and oxygen atoms in total. The fourth-order valence-electron chi connectivity index (χ4n) is 3.07. The zero-order chi connectivity index (χ0) is 19.6. The van der Waals surface area contributed by atoms with E-state index in [-0.39, 0.29) is 6.42 Å². The lowest BCUT2D eigenvalue weighted by Gasteiger charge is -2.16. The smallest absolute Gasteiger partial charge is 0.307 e. The van der Waals surface area contributed by atoms with Gasteiger partial charge in [-0.2, -0.15) is 0 Å². The summed E-state index contributed by atoms with van der Waals surface area (Å²) in [5, 5.41) is 21.2. The fourth-order valence-corrected chi connectivity index (χ4v) is 3.85. The molecule has 3 aromatic carbocycles. The van der Waals surface area contributed by atoms with Gasteiger partial charge in [-0.05, 0) is 51.7 Å². The Hall–Kier alpha value is -2.57. The van der Waals surface area contributed by atoms with Crippen LogP contribution in [0, 0.1) is 5.82 Å². The van der Waals surface area contributed by atoms with Gasteiger partial charge >= 0.3 is 5.97 Å². The highest BCUT2D eigenvalue weighted by Gasteiger charge is 2.17. The largest absolute Gasteiger partial charge is 0.481 e. The maximum Gasteiger partial charge on any atom is 0.307 e. The second kappa shape index (κ2) is 7.98. The Morgan fingerprint density at radius 1 is 1.11 bits per heavy atom. The van der Waals surface area contributed by atoms with Gasteiger partial charge in [0.25, 0.3) is 0 Å². The lowest BCUT2D eigenvalue weighted by molar-refractivity contribution is -0.136. The van der Waals surface area contributed by atoms with Crippen LogP contribution in [0.4, 0.5) is 4.39 Å². The molecule has 0 aliphatic carbocycles. The topological polar surface area (TPSA) is 74.6 Å². The molecular formula is C21H19FO4S. The maximum absolute atomic E-state index is 13.8. The van der Waals surface area contributed by atoms with Crippen LogP contribution in [-0.2, 0) is 22.0 Å². The highest BCUT2D eigenvalue weighted by molar-refractivity contribution is 7.85. The van der Waals surface area contributed by atoms with Gasteiger partial charge < -0.3 is 10.2 Å². The number of aliphatic carboxylic acids is 1. The summed E-state index contributed by atoms with van der Waals surface area (Å²) in [6, 6.07) is 14.2. The van der Waals surface area contributed by atoms with E-state index in [1.165, 1.54) is 12.1 Å². The minimum atomic E-state index is -1.09. The van der Waals surface area contributed by atoms with E-state index < -0.39 is 28.7 Å². The molecule has 2 unspecified atom stereocenters. The number of benzene rings is 3. The molecular weight excluding hydrogens is 367 g/mol. The van der Waals surface area contributed by atoms with Gasteiger partial charge in [-0.1, -0.05) is 37.3 Å². The van der Waals surface area contributed by atoms with E-state index in [0.717, 1.165) is 0 Å². The van der Waals surface area contributed by atoms with E-state index >= 15 is 0 Å². The van der Waals surface area contributed by atoms with E-state index in [4.69, 9.17) is 5.11 Å². The van der Waals surface area contributed by atoms with Crippen molar-refractivity contribution in [2.24, 2.45) is 0 Å². The average Bonchev–Trinajstić information content (AvgIpc) is 2.66. The number of aliphatic hydroxyl groups excluding tert-OH is 1. The zero-order valence-electron chi connectivity index (χ0n) is 14.7. The number of halogens is 1. The Bertz CT molecular complexity index is 1010. The Kier molecular flexibility index (Phi) is 5.68. The first-order chi connectivity index (χ1) is 12.9. The molecule has 0 bridgehead atoms. The summed E-state index contributed by atoms with van der Waals surface area (Å²) in [4.78, 5) is 11.8. The number of rotatable bonds is 6. The molecule has 0 amide bonds. The minimum Gasteiger partial charge on any atom is -0.481 e. The molecule has 0 saturated heterocycles. The highest BCUT2D eigenvalue weighted by atomic mass is 32.2. The predicted molar refractivity (Wildman–Crippen MR) is 103 cm³/mol. The lowest BCUT2D eigenvalue weighted by Crippen LogP contribution is -2.05. The predicted octanol–water partition coefficient (Wildman–Crippen LogP) is 3.82. The SMILES string of the molecule is CCS(=O)c1ccc(C(O)c2cc(CC(=O)O)cc3ccc(F)cc23)cc1. The van der Waals surface area contributed by atoms with Gasteiger partial charge in [-0.15, -0.1) is 0 Å². The molecule has 3 aromatic rings. The Morgan fingerprint density at radius 3 is 2.44 bits per heavy atom. The quantitative estimate of drug-likeness (QED) is 0.675. The van der Waals surface area contributed by atoms with Crippen LogP contribution in [0.2, 0.25) is 0 Å². The maximum atomic E-state index is 13.8. The standard InChI is InChI=1S/C21H19FO4S/c1-2-27(26)17-7-4-14(5-8-17)21(25)19-10-13(11-20(23)24)9-15-3-6-16(22)12-18(15)19/h3-10,12,21,25H,2,11H2,1H3,(H,23,24). The molecule has 0 spiro atoms. The number of fused-ring (bicyclic) bond motifs is 1. The lowest BCUT2D eigenvalue weighted by atomic mass is 9.93. The van der Waals surface area contributed by atoms with E-state index in [2.05, 4.69) is 0 Å². The van der Waals surface area contributed by atoms with Gasteiger partial charge in [0, 0.05) is 10.6 Å². The van der Waals surface area contributed by atoms with Crippen LogP contribution in [-0.4, -0.2) is 26.1 Å². The highest BCUT2D eigenvalue weighted by Crippen LogP contribution is 2.31. The van der Waals surface area contributed by atoms with Crippen LogP contribution in [0.5, 0.6) is 0 Å². The van der Waals surface area contributed by atoms with Gasteiger partial charge in [0.05, 0.1) is 17.2 Å². The van der Waals surface area contributed by atoms with Crippen LogP contribution in [0.3, 0.4) is 0 Å². The third kappa shape index (κ3) is 4.23. The van der Waals surface area contributed by atoms with E-state index in [1.807, 2.05) is 6.92 Å². The monoisotopic (exact) mass is 386 g/mol. The zero-order valence-corrected chi connectivity index (χ0v) is 15.5. The number of carboxylic acid groups (broad SMARTS) is 1. The molecule has 140 valence electrons. The fraction of sp³-hybridized carbons (Fsp3) is 0.190. The number of carboxylic acids is 1. The molecule has 0 aromatic heterocycles. The molecule has 2 N–H and O–H groups in total. The first-order valence-corrected chi connectivity index (χ1v) is 9.81. The number of hydrogen-bond donors (Lipinski definition) is 2. The van der Waals surface area contributed by atoms with E-state index in [1.54, 1.807) is 42.5 Å². The van der Waals surface area contributed by atoms with Crippen LogP contribution in [0.15, 0.2) is 59.5 Å². The third-order valence-electron chi connectivity index (χ3n) is 4.38. The molecule has 0 radical (unpaired) electrons. The van der Waals surface area contributed by atoms with Crippen molar-refractivity contribution < 1.29 is 23.6 Å². The van der Waals surface area contributed by atoms with Crippen molar-refractivity contribution in [3.05, 3.63) is 77.1 Å². The molecule has 0 aliphatic rings. The van der Waals surface area contributed by atoms with Crippen molar-refractivity contribution >= 4 is 27.5 Å². The van der Waals surface area contributed by atoms with Crippen molar-refractivity contribution in [2.75, 3.05) is 5.75 Å². The summed E-state index contributed by atoms with van der Waals surface area (Å²) in [5.41, 5.74) is 1.52. The molecule has 0 fully saturated rings. The van der Waals surface area contributed by atoms with Gasteiger partial charge in [-0.3, -0.25) is 9.00 Å². The summed E-state index contributed by atoms with van der Waals surface area (Å²) < 4.78 is 25.6. The average molecular weight is 386 g/mol. The van der Waals surface area contributed by atoms with Crippen molar-refractivity contribution in [1.29, 1.82) is 0 Å². The van der Waals surface area contributed by atoms with Crippen LogP contribution in [0.1, 0.15) is 29.7 Å². The van der Waals surface area contributed by atoms with Crippen LogP contribution in [0.25, 0.3) is 10.8 Å². The Balaban J connectivity index is 2.09. The molecule has 27 heavy (non-hydrogen) atoms. The van der Waals surface area contributed by atoms with Gasteiger partial charge in [0.1, 0.15) is 11.9 Å². The number of aliphatic hydroxyl groups is 1. The van der Waals surface area contributed by atoms with Crippen LogP contribution < -0.4 is 0 Å². The molecule has 2 atom stereocenters. The summed E-state index contributed by atoms with van der Waals surface area (Å²) in [6.07, 6.45) is -1.26. The Labute approximate surface area is 158 Å². The summed E-state index contributed by atoms with van der Waals surface area (Å²) in [7, 11) is -1.09. The number of carbonyl (C=O) groups is 1. The van der Waals surface area contributed by atoms with Gasteiger partial charge in [-0.25, -0.2) is 4.39 Å². The summed E-state index contributed by atoms with van der Waals surface area (Å²) in [5.74, 6) is -0.915.